The first kappa shape index (κ1) is 17.6. The molecule has 7 nitrogen and oxygen atoms in total. The van der Waals surface area contributed by atoms with Crippen LogP contribution >= 0.6 is 0 Å². The maximum absolute atomic E-state index is 12.7. The molecule has 2 atom stereocenters. The van der Waals surface area contributed by atoms with Crippen molar-refractivity contribution in [1.29, 1.82) is 0 Å². The van der Waals surface area contributed by atoms with E-state index in [0.29, 0.717) is 18.1 Å². The highest BCUT2D eigenvalue weighted by Gasteiger charge is 2.34. The molecule has 1 fully saturated rings. The number of rotatable bonds is 2. The van der Waals surface area contributed by atoms with Crippen molar-refractivity contribution in [2.45, 2.75) is 18.6 Å². The zero-order valence-corrected chi connectivity index (χ0v) is 16.2. The molecule has 1 amide bonds. The summed E-state index contributed by atoms with van der Waals surface area (Å²) in [5, 5.41) is 18.9. The van der Waals surface area contributed by atoms with Crippen molar-refractivity contribution >= 4 is 28.8 Å². The van der Waals surface area contributed by atoms with E-state index in [9.17, 15) is 9.90 Å². The van der Waals surface area contributed by atoms with Gasteiger partial charge in [0, 0.05) is 25.9 Å². The van der Waals surface area contributed by atoms with Crippen molar-refractivity contribution in [3.63, 3.8) is 0 Å². The van der Waals surface area contributed by atoms with Crippen molar-refractivity contribution in [1.82, 2.24) is 20.0 Å². The predicted molar refractivity (Wildman–Crippen MR) is 111 cm³/mol. The summed E-state index contributed by atoms with van der Waals surface area (Å²) in [7, 11) is 3.59. The molecule has 0 saturated carbocycles. The number of benzene rings is 2. The molecule has 2 N–H and O–H groups in total. The van der Waals surface area contributed by atoms with E-state index >= 15 is 0 Å². The third-order valence-corrected chi connectivity index (χ3v) is 5.61. The van der Waals surface area contributed by atoms with Crippen LogP contribution < -0.4 is 5.32 Å². The summed E-state index contributed by atoms with van der Waals surface area (Å²) in [5.74, 6) is 0.292. The molecule has 0 unspecified atom stereocenters. The van der Waals surface area contributed by atoms with Crippen LogP contribution in [0.4, 0.5) is 0 Å². The lowest BCUT2D eigenvalue weighted by atomic mass is 10.1. The lowest BCUT2D eigenvalue weighted by Gasteiger charge is -2.14. The van der Waals surface area contributed by atoms with Gasteiger partial charge in [-0.1, -0.05) is 30.3 Å². The number of carbonyl (C=O) groups excluding carboxylic acids is 1. The summed E-state index contributed by atoms with van der Waals surface area (Å²) >= 11 is 0. The van der Waals surface area contributed by atoms with E-state index in [-0.39, 0.29) is 11.9 Å². The number of aromatic nitrogens is 2. The van der Waals surface area contributed by atoms with E-state index in [1.165, 1.54) is 4.90 Å². The number of hydrogen-bond acceptors (Lipinski definition) is 4. The van der Waals surface area contributed by atoms with Crippen LogP contribution in [0.1, 0.15) is 22.7 Å². The normalized spacial score (nSPS) is 24.0. The molecule has 0 radical (unpaired) electrons. The molecule has 0 bridgehead atoms. The monoisotopic (exact) mass is 387 g/mol. The van der Waals surface area contributed by atoms with E-state index in [4.69, 9.17) is 0 Å². The van der Waals surface area contributed by atoms with Crippen LogP contribution in [0.3, 0.4) is 0 Å². The van der Waals surface area contributed by atoms with Gasteiger partial charge in [-0.25, -0.2) is 4.99 Å². The molecule has 3 aromatic rings. The van der Waals surface area contributed by atoms with Crippen molar-refractivity contribution in [2.75, 3.05) is 7.05 Å². The first-order valence-electron chi connectivity index (χ1n) is 9.53. The quantitative estimate of drug-likeness (QED) is 0.659. The summed E-state index contributed by atoms with van der Waals surface area (Å²) in [6, 6.07) is 13.5. The Morgan fingerprint density at radius 2 is 2.07 bits per heavy atom. The van der Waals surface area contributed by atoms with Crippen LogP contribution in [-0.4, -0.2) is 44.8 Å². The maximum Gasteiger partial charge on any atom is 0.276 e. The summed E-state index contributed by atoms with van der Waals surface area (Å²) in [6.07, 6.45) is 3.60. The Morgan fingerprint density at radius 3 is 2.93 bits per heavy atom. The van der Waals surface area contributed by atoms with Crippen LogP contribution in [-0.2, 0) is 18.3 Å². The molecule has 5 rings (SSSR count). The highest BCUT2D eigenvalue weighted by Crippen LogP contribution is 2.34. The smallest absolute Gasteiger partial charge is 0.276 e. The zero-order chi connectivity index (χ0) is 20.1. The van der Waals surface area contributed by atoms with Gasteiger partial charge in [-0.2, -0.15) is 5.10 Å². The number of likely N-dealkylation sites (N-methyl/N-ethyl adjacent to an activating group) is 1. The molecule has 2 aliphatic rings. The summed E-state index contributed by atoms with van der Waals surface area (Å²) in [5.41, 5.74) is 4.50. The lowest BCUT2D eigenvalue weighted by Crippen LogP contribution is -2.30. The van der Waals surface area contributed by atoms with E-state index in [0.717, 1.165) is 27.6 Å². The fourth-order valence-electron chi connectivity index (χ4n) is 4.03. The van der Waals surface area contributed by atoms with E-state index in [2.05, 4.69) is 15.4 Å². The zero-order valence-electron chi connectivity index (χ0n) is 16.2. The third-order valence-electron chi connectivity index (χ3n) is 5.61. The second-order valence-corrected chi connectivity index (χ2v) is 7.50. The Kier molecular flexibility index (Phi) is 3.99. The minimum atomic E-state index is -0.591. The third kappa shape index (κ3) is 2.91. The van der Waals surface area contributed by atoms with Gasteiger partial charge >= 0.3 is 0 Å². The number of hydrogen-bond donors (Lipinski definition) is 2. The molecule has 1 aliphatic carbocycles. The van der Waals surface area contributed by atoms with Gasteiger partial charge in [0.25, 0.3) is 5.91 Å². The minimum absolute atomic E-state index is 0.157. The minimum Gasteiger partial charge on any atom is -0.390 e. The van der Waals surface area contributed by atoms with Gasteiger partial charge in [-0.3, -0.25) is 14.4 Å². The first-order valence-corrected chi connectivity index (χ1v) is 9.53. The van der Waals surface area contributed by atoms with Crippen LogP contribution in [0.5, 0.6) is 0 Å². The Bertz CT molecular complexity index is 1190. The topological polar surface area (TPSA) is 82.8 Å². The van der Waals surface area contributed by atoms with Crippen molar-refractivity contribution < 1.29 is 9.90 Å². The largest absolute Gasteiger partial charge is 0.390 e. The van der Waals surface area contributed by atoms with Crippen molar-refractivity contribution in [3.8, 4) is 0 Å². The fourth-order valence-corrected chi connectivity index (χ4v) is 4.03. The first-order chi connectivity index (χ1) is 14.0. The molecular weight excluding hydrogens is 366 g/mol. The van der Waals surface area contributed by atoms with Gasteiger partial charge in [0.2, 0.25) is 5.96 Å². The molecular formula is C22H21N5O2. The molecule has 146 valence electrons. The summed E-state index contributed by atoms with van der Waals surface area (Å²) in [4.78, 5) is 18.9. The average molecular weight is 387 g/mol. The number of nitrogens with one attached hydrogen (secondary N) is 1. The SMILES string of the molecule is CN1C(=O)/C(=C/c2ccc3c(cnn3C)c2)NC1=N[C@H]1c2ccccc2C[C@@H]1O. The fraction of sp³-hybridized carbons (Fsp3) is 0.227. The van der Waals surface area contributed by atoms with Gasteiger partial charge in [-0.15, -0.1) is 0 Å². The molecule has 0 spiro atoms. The average Bonchev–Trinajstić information content (AvgIpc) is 3.33. The molecule has 29 heavy (non-hydrogen) atoms. The number of nitrogens with zero attached hydrogens (tertiary/aromatic N) is 4. The van der Waals surface area contributed by atoms with Gasteiger partial charge in [-0.05, 0) is 34.9 Å². The summed E-state index contributed by atoms with van der Waals surface area (Å²) in [6.45, 7) is 0. The molecule has 1 aromatic heterocycles. The van der Waals surface area contributed by atoms with Crippen molar-refractivity contribution in [2.24, 2.45) is 12.0 Å². The maximum atomic E-state index is 12.7. The predicted octanol–water partition coefficient (Wildman–Crippen LogP) is 1.99. The number of aliphatic hydroxyl groups is 1. The number of aliphatic imine (C=N–C) groups is 1. The highest BCUT2D eigenvalue weighted by molar-refractivity contribution is 6.15. The van der Waals surface area contributed by atoms with Crippen LogP contribution in [0, 0.1) is 0 Å². The molecule has 1 aliphatic heterocycles. The molecule has 7 heteroatoms. The van der Waals surface area contributed by atoms with Crippen LogP contribution in [0.25, 0.3) is 17.0 Å². The number of aliphatic hydroxyl groups excluding tert-OH is 1. The lowest BCUT2D eigenvalue weighted by molar-refractivity contribution is -0.121. The summed E-state index contributed by atoms with van der Waals surface area (Å²) < 4.78 is 1.81. The van der Waals surface area contributed by atoms with Gasteiger partial charge in [0.1, 0.15) is 11.7 Å². The Hall–Kier alpha value is -3.45. The standard InChI is InChI=1S/C22H21N5O2/c1-26-21(29)17(10-13-7-8-18-15(9-13)12-23-27(18)2)24-22(26)25-20-16-6-4-3-5-14(16)11-19(20)28/h3-10,12,19-20,28H,11H2,1-2H3,(H,24,25)/b17-10-/t19-,20-/m0/s1. The number of amides is 1. The number of fused-ring (bicyclic) bond motifs is 2. The number of carbonyl (C=O) groups is 1. The number of aryl methyl sites for hydroxylation is 1. The van der Waals surface area contributed by atoms with Gasteiger partial charge in [0.05, 0.1) is 17.8 Å². The molecule has 2 heterocycles. The second kappa shape index (κ2) is 6.56. The Balaban J connectivity index is 1.46. The molecule has 2 aromatic carbocycles. The van der Waals surface area contributed by atoms with Crippen molar-refractivity contribution in [3.05, 3.63) is 71.0 Å². The second-order valence-electron chi connectivity index (χ2n) is 7.50. The van der Waals surface area contributed by atoms with Crippen LogP contribution in [0.15, 0.2) is 59.4 Å². The van der Waals surface area contributed by atoms with E-state index in [1.54, 1.807) is 13.2 Å². The number of guanidine groups is 1. The van der Waals surface area contributed by atoms with Gasteiger partial charge < -0.3 is 10.4 Å². The Morgan fingerprint density at radius 1 is 1.24 bits per heavy atom. The van der Waals surface area contributed by atoms with E-state index < -0.39 is 6.10 Å². The van der Waals surface area contributed by atoms with E-state index in [1.807, 2.05) is 60.3 Å². The highest BCUT2D eigenvalue weighted by atomic mass is 16.3. The van der Waals surface area contributed by atoms with Crippen LogP contribution in [0.2, 0.25) is 0 Å². The Labute approximate surface area is 168 Å². The van der Waals surface area contributed by atoms with Gasteiger partial charge in [0.15, 0.2) is 0 Å². The molecule has 1 saturated heterocycles.